The Labute approximate surface area is 131 Å². The molecule has 5 heteroatoms. The molecule has 2 aromatic carbocycles. The van der Waals surface area contributed by atoms with Crippen molar-refractivity contribution >= 4 is 21.8 Å². The van der Waals surface area contributed by atoms with Crippen molar-refractivity contribution in [2.24, 2.45) is 0 Å². The number of benzene rings is 2. The highest BCUT2D eigenvalue weighted by atomic mass is 79.9. The van der Waals surface area contributed by atoms with Gasteiger partial charge < -0.3 is 15.2 Å². The van der Waals surface area contributed by atoms with E-state index in [4.69, 9.17) is 4.74 Å². The van der Waals surface area contributed by atoms with Gasteiger partial charge in [0, 0.05) is 12.1 Å². The van der Waals surface area contributed by atoms with Gasteiger partial charge in [0.05, 0.1) is 11.6 Å². The second kappa shape index (κ2) is 7.13. The molecule has 0 fully saturated rings. The number of para-hydroxylation sites is 1. The van der Waals surface area contributed by atoms with Gasteiger partial charge in [0.25, 0.3) is 5.91 Å². The molecular weight excluding hydrogens is 334 g/mol. The third-order valence-corrected chi connectivity index (χ3v) is 3.71. The van der Waals surface area contributed by atoms with Gasteiger partial charge in [-0.15, -0.1) is 0 Å². The van der Waals surface area contributed by atoms with Crippen LogP contribution in [0.4, 0.5) is 0 Å². The van der Waals surface area contributed by atoms with E-state index in [1.165, 1.54) is 0 Å². The smallest absolute Gasteiger partial charge is 0.251 e. The number of hydrogen-bond donors (Lipinski definition) is 2. The summed E-state index contributed by atoms with van der Waals surface area (Å²) >= 11 is 3.35. The molecular formula is C16H16BrNO3. The number of aromatic hydroxyl groups is 1. The van der Waals surface area contributed by atoms with Crippen molar-refractivity contribution in [2.45, 2.75) is 6.42 Å². The number of carbonyl (C=O) groups excluding carboxylic acids is 1. The van der Waals surface area contributed by atoms with Crippen LogP contribution in [-0.4, -0.2) is 24.7 Å². The summed E-state index contributed by atoms with van der Waals surface area (Å²) in [5.41, 5.74) is 1.37. The Morgan fingerprint density at radius 3 is 2.71 bits per heavy atom. The van der Waals surface area contributed by atoms with E-state index in [1.807, 2.05) is 12.1 Å². The van der Waals surface area contributed by atoms with E-state index in [0.29, 0.717) is 24.3 Å². The number of amides is 1. The number of hydrogen-bond acceptors (Lipinski definition) is 3. The molecule has 2 N–H and O–H groups in total. The molecule has 0 heterocycles. The third kappa shape index (κ3) is 3.98. The standard InChI is InChI=1S/C16H16BrNO3/c1-21-15-7-6-12(10-13(15)17)16(20)18-9-8-11-4-2-3-5-14(11)19/h2-7,10,19H,8-9H2,1H3,(H,18,20). The van der Waals surface area contributed by atoms with Crippen LogP contribution >= 0.6 is 15.9 Å². The number of nitrogens with one attached hydrogen (secondary N) is 1. The summed E-state index contributed by atoms with van der Waals surface area (Å²) in [5.74, 6) is 0.772. The second-order valence-electron chi connectivity index (χ2n) is 4.48. The van der Waals surface area contributed by atoms with E-state index in [9.17, 15) is 9.90 Å². The number of methoxy groups -OCH3 is 1. The van der Waals surface area contributed by atoms with Gasteiger partial charge in [0.15, 0.2) is 0 Å². The molecule has 0 atom stereocenters. The molecule has 0 unspecified atom stereocenters. The van der Waals surface area contributed by atoms with Crippen molar-refractivity contribution in [1.82, 2.24) is 5.32 Å². The number of carbonyl (C=O) groups is 1. The summed E-state index contributed by atoms with van der Waals surface area (Å²) in [5, 5.41) is 12.5. The van der Waals surface area contributed by atoms with Crippen molar-refractivity contribution in [3.63, 3.8) is 0 Å². The number of phenols is 1. The predicted octanol–water partition coefficient (Wildman–Crippen LogP) is 3.14. The van der Waals surface area contributed by atoms with Crippen LogP contribution in [0.1, 0.15) is 15.9 Å². The molecule has 110 valence electrons. The monoisotopic (exact) mass is 349 g/mol. The van der Waals surface area contributed by atoms with E-state index >= 15 is 0 Å². The first-order chi connectivity index (χ1) is 10.1. The summed E-state index contributed by atoms with van der Waals surface area (Å²) in [6, 6.07) is 12.3. The fourth-order valence-corrected chi connectivity index (χ4v) is 2.48. The Morgan fingerprint density at radius 2 is 2.05 bits per heavy atom. The highest BCUT2D eigenvalue weighted by Crippen LogP contribution is 2.25. The molecule has 4 nitrogen and oxygen atoms in total. The maximum atomic E-state index is 12.0. The minimum absolute atomic E-state index is 0.159. The average molecular weight is 350 g/mol. The van der Waals surface area contributed by atoms with Gasteiger partial charge in [0.1, 0.15) is 11.5 Å². The zero-order valence-electron chi connectivity index (χ0n) is 11.6. The van der Waals surface area contributed by atoms with Gasteiger partial charge in [-0.2, -0.15) is 0 Å². The van der Waals surface area contributed by atoms with E-state index < -0.39 is 0 Å². The Bertz CT molecular complexity index is 643. The van der Waals surface area contributed by atoms with Crippen LogP contribution in [0.5, 0.6) is 11.5 Å². The SMILES string of the molecule is COc1ccc(C(=O)NCCc2ccccc2O)cc1Br. The summed E-state index contributed by atoms with van der Waals surface area (Å²) < 4.78 is 5.86. The van der Waals surface area contributed by atoms with Crippen molar-refractivity contribution in [3.8, 4) is 11.5 Å². The third-order valence-electron chi connectivity index (χ3n) is 3.09. The molecule has 1 amide bonds. The molecule has 0 aliphatic carbocycles. The number of halogens is 1. The lowest BCUT2D eigenvalue weighted by Crippen LogP contribution is -2.25. The Hall–Kier alpha value is -2.01. The zero-order valence-corrected chi connectivity index (χ0v) is 13.2. The molecule has 0 saturated carbocycles. The molecule has 0 aromatic heterocycles. The van der Waals surface area contributed by atoms with Crippen LogP contribution in [0, 0.1) is 0 Å². The largest absolute Gasteiger partial charge is 0.508 e. The first kappa shape index (κ1) is 15.4. The summed E-state index contributed by atoms with van der Waals surface area (Å²) in [7, 11) is 1.58. The Kier molecular flexibility index (Phi) is 5.22. The molecule has 0 saturated heterocycles. The number of phenolic OH excluding ortho intramolecular Hbond substituents is 1. The van der Waals surface area contributed by atoms with Crippen molar-refractivity contribution in [1.29, 1.82) is 0 Å². The molecule has 0 radical (unpaired) electrons. The van der Waals surface area contributed by atoms with Crippen molar-refractivity contribution < 1.29 is 14.6 Å². The summed E-state index contributed by atoms with van der Waals surface area (Å²) in [6.07, 6.45) is 0.579. The summed E-state index contributed by atoms with van der Waals surface area (Å²) in [6.45, 7) is 0.458. The van der Waals surface area contributed by atoms with Crippen molar-refractivity contribution in [3.05, 3.63) is 58.1 Å². The van der Waals surface area contributed by atoms with Crippen LogP contribution in [0.2, 0.25) is 0 Å². The topological polar surface area (TPSA) is 58.6 Å². The lowest BCUT2D eigenvalue weighted by Gasteiger charge is -2.08. The van der Waals surface area contributed by atoms with Gasteiger partial charge >= 0.3 is 0 Å². The molecule has 21 heavy (non-hydrogen) atoms. The number of rotatable bonds is 5. The molecule has 0 aliphatic heterocycles. The average Bonchev–Trinajstić information content (AvgIpc) is 2.49. The maximum Gasteiger partial charge on any atom is 0.251 e. The zero-order chi connectivity index (χ0) is 15.2. The number of ether oxygens (including phenoxy) is 1. The Balaban J connectivity index is 1.93. The molecule has 0 spiro atoms. The van der Waals surface area contributed by atoms with Crippen LogP contribution < -0.4 is 10.1 Å². The fraction of sp³-hybridized carbons (Fsp3) is 0.188. The maximum absolute atomic E-state index is 12.0. The molecule has 2 rings (SSSR count). The van der Waals surface area contributed by atoms with Crippen LogP contribution in [0.25, 0.3) is 0 Å². The van der Waals surface area contributed by atoms with Gasteiger partial charge in [0.2, 0.25) is 0 Å². The van der Waals surface area contributed by atoms with Crippen molar-refractivity contribution in [2.75, 3.05) is 13.7 Å². The van der Waals surface area contributed by atoms with E-state index in [2.05, 4.69) is 21.2 Å². The van der Waals surface area contributed by atoms with Crippen LogP contribution in [-0.2, 0) is 6.42 Å². The second-order valence-corrected chi connectivity index (χ2v) is 5.34. The normalized spacial score (nSPS) is 10.2. The van der Waals surface area contributed by atoms with Crippen LogP contribution in [0.15, 0.2) is 46.9 Å². The molecule has 0 aliphatic rings. The van der Waals surface area contributed by atoms with E-state index in [0.717, 1.165) is 10.0 Å². The Morgan fingerprint density at radius 1 is 1.29 bits per heavy atom. The van der Waals surface area contributed by atoms with Gasteiger partial charge in [-0.3, -0.25) is 4.79 Å². The van der Waals surface area contributed by atoms with E-state index in [1.54, 1.807) is 37.4 Å². The predicted molar refractivity (Wildman–Crippen MR) is 84.8 cm³/mol. The highest BCUT2D eigenvalue weighted by Gasteiger charge is 2.08. The quantitative estimate of drug-likeness (QED) is 0.871. The summed E-state index contributed by atoms with van der Waals surface area (Å²) in [4.78, 5) is 12.0. The fourth-order valence-electron chi connectivity index (χ4n) is 1.94. The first-order valence-electron chi connectivity index (χ1n) is 6.50. The minimum Gasteiger partial charge on any atom is -0.508 e. The van der Waals surface area contributed by atoms with Gasteiger partial charge in [-0.1, -0.05) is 18.2 Å². The van der Waals surface area contributed by atoms with Gasteiger partial charge in [-0.05, 0) is 52.2 Å². The van der Waals surface area contributed by atoms with Crippen LogP contribution in [0.3, 0.4) is 0 Å². The lowest BCUT2D eigenvalue weighted by molar-refractivity contribution is 0.0954. The molecule has 0 bridgehead atoms. The highest BCUT2D eigenvalue weighted by molar-refractivity contribution is 9.10. The van der Waals surface area contributed by atoms with Gasteiger partial charge in [-0.25, -0.2) is 0 Å². The molecule has 2 aromatic rings. The lowest BCUT2D eigenvalue weighted by atomic mass is 10.1. The first-order valence-corrected chi connectivity index (χ1v) is 7.29. The van der Waals surface area contributed by atoms with E-state index in [-0.39, 0.29) is 11.7 Å². The minimum atomic E-state index is -0.159.